The summed E-state index contributed by atoms with van der Waals surface area (Å²) in [4.78, 5) is 15.5. The maximum atomic E-state index is 9.21. The van der Waals surface area contributed by atoms with E-state index in [-0.39, 0.29) is 11.4 Å². The van der Waals surface area contributed by atoms with Gasteiger partial charge in [0, 0.05) is 95.7 Å². The molecule has 0 atom stereocenters. The molecule has 0 unspecified atom stereocenters. The lowest BCUT2D eigenvalue weighted by Gasteiger charge is -2.08. The molecule has 6 nitrogen and oxygen atoms in total. The fourth-order valence-corrected chi connectivity index (χ4v) is 12.0. The van der Waals surface area contributed by atoms with Crippen molar-refractivity contribution < 1.29 is 0 Å². The molecule has 0 aliphatic rings. The molecule has 0 N–H and O–H groups in total. The van der Waals surface area contributed by atoms with Crippen LogP contribution < -0.4 is 0 Å². The zero-order chi connectivity index (χ0) is 41.3. The number of unbranched alkanes of at least 4 members (excludes halogenated alkanes) is 2. The molecule has 10 heteroatoms. The van der Waals surface area contributed by atoms with Gasteiger partial charge in [-0.3, -0.25) is 0 Å². The molecule has 9 rings (SSSR count). The summed E-state index contributed by atoms with van der Waals surface area (Å²) in [6.45, 7) is 20.9. The van der Waals surface area contributed by atoms with E-state index in [9.17, 15) is 10.5 Å². The van der Waals surface area contributed by atoms with E-state index in [1.165, 1.54) is 74.2 Å². The van der Waals surface area contributed by atoms with Crippen LogP contribution in [0.25, 0.3) is 106 Å². The first-order valence-corrected chi connectivity index (χ1v) is 23.1. The second-order valence-electron chi connectivity index (χ2n) is 14.6. The summed E-state index contributed by atoms with van der Waals surface area (Å²) < 4.78 is 5.08. The van der Waals surface area contributed by atoms with Crippen molar-refractivity contribution in [2.75, 3.05) is 0 Å². The van der Waals surface area contributed by atoms with Gasteiger partial charge in [0.2, 0.25) is 0 Å². The highest BCUT2D eigenvalue weighted by molar-refractivity contribution is 7.24. The van der Waals surface area contributed by atoms with E-state index < -0.39 is 0 Å². The van der Waals surface area contributed by atoms with Crippen LogP contribution in [-0.4, -0.2) is 9.13 Å². The van der Waals surface area contributed by atoms with Crippen molar-refractivity contribution >= 4 is 101 Å². The lowest BCUT2D eigenvalue weighted by Crippen LogP contribution is -1.98. The van der Waals surface area contributed by atoms with Crippen LogP contribution in [0.15, 0.2) is 108 Å². The summed E-state index contributed by atoms with van der Waals surface area (Å²) in [7, 11) is 0. The number of hydrogen-bond donors (Lipinski definition) is 0. The Bertz CT molecular complexity index is 3100. The van der Waals surface area contributed by atoms with Crippen molar-refractivity contribution in [1.82, 2.24) is 9.13 Å². The minimum Gasteiger partial charge on any atom is -0.340 e. The number of rotatable bonds is 12. The van der Waals surface area contributed by atoms with Gasteiger partial charge in [-0.1, -0.05) is 51.0 Å². The minimum atomic E-state index is 0.0966. The average Bonchev–Trinajstić information content (AvgIpc) is 4.15. The number of aromatic nitrogens is 2. The third-order valence-corrected chi connectivity index (χ3v) is 15.6. The maximum absolute atomic E-state index is 9.21. The average molecular weight is 849 g/mol. The topological polar surface area (TPSA) is 66.2 Å². The quantitative estimate of drug-likeness (QED) is 0.0908. The number of benzene rings is 3. The fourth-order valence-electron chi connectivity index (χ4n) is 7.93. The molecule has 0 fully saturated rings. The first kappa shape index (κ1) is 39.0. The molecule has 6 aromatic heterocycles. The first-order chi connectivity index (χ1) is 29.4. The Hall–Kier alpha value is -6.50. The Morgan fingerprint density at radius 1 is 0.517 bits per heavy atom. The van der Waals surface area contributed by atoms with E-state index in [2.05, 4.69) is 118 Å². The molecule has 0 radical (unpaired) electrons. The van der Waals surface area contributed by atoms with Gasteiger partial charge in [-0.05, 0) is 109 Å². The van der Waals surface area contributed by atoms with Gasteiger partial charge in [-0.15, -0.1) is 45.3 Å². The lowest BCUT2D eigenvalue weighted by molar-refractivity contribution is 0.664. The number of thiophene rings is 4. The predicted octanol–water partition coefficient (Wildman–Crippen LogP) is 16.0. The normalized spacial score (nSPS) is 12.0. The van der Waals surface area contributed by atoms with Crippen molar-refractivity contribution in [1.29, 1.82) is 10.5 Å². The van der Waals surface area contributed by atoms with E-state index in [1.807, 2.05) is 24.3 Å². The number of hydrogen-bond acceptors (Lipinski definition) is 6. The van der Waals surface area contributed by atoms with Crippen LogP contribution in [0.5, 0.6) is 0 Å². The van der Waals surface area contributed by atoms with E-state index in [1.54, 1.807) is 57.5 Å². The Labute approximate surface area is 364 Å². The second-order valence-corrected chi connectivity index (χ2v) is 19.0. The van der Waals surface area contributed by atoms with Gasteiger partial charge in [0.1, 0.15) is 0 Å². The molecule has 3 aromatic carbocycles. The molecule has 0 spiro atoms. The summed E-state index contributed by atoms with van der Waals surface area (Å²) in [5.41, 5.74) is 7.66. The monoisotopic (exact) mass is 848 g/mol. The van der Waals surface area contributed by atoms with E-state index in [0.29, 0.717) is 0 Å². The van der Waals surface area contributed by atoms with Crippen LogP contribution in [0.2, 0.25) is 0 Å². The van der Waals surface area contributed by atoms with Crippen LogP contribution >= 0.6 is 45.3 Å². The van der Waals surface area contributed by atoms with Gasteiger partial charge < -0.3 is 9.13 Å². The van der Waals surface area contributed by atoms with Crippen molar-refractivity contribution in [3.05, 3.63) is 141 Å². The minimum absolute atomic E-state index is 0.0966. The molecular weight excluding hydrogens is 813 g/mol. The van der Waals surface area contributed by atoms with Gasteiger partial charge in [-0.2, -0.15) is 0 Å². The number of fused-ring (bicyclic) bond motifs is 6. The van der Waals surface area contributed by atoms with Crippen LogP contribution in [0.1, 0.15) is 49.3 Å². The van der Waals surface area contributed by atoms with Crippen molar-refractivity contribution in [3.8, 4) is 52.5 Å². The summed E-state index contributed by atoms with van der Waals surface area (Å²) >= 11 is 6.75. The Morgan fingerprint density at radius 3 is 1.30 bits per heavy atom. The number of nitrogens with zero attached hydrogens (tertiary/aromatic N) is 6. The van der Waals surface area contributed by atoms with Crippen molar-refractivity contribution in [3.63, 3.8) is 0 Å². The third kappa shape index (κ3) is 7.15. The molecule has 0 bridgehead atoms. The number of allylic oxidation sites excluding steroid dienone is 2. The molecule has 0 saturated carbocycles. The van der Waals surface area contributed by atoms with Gasteiger partial charge in [-0.25, -0.2) is 20.2 Å². The summed E-state index contributed by atoms with van der Waals surface area (Å²) in [5, 5.41) is 23.5. The second kappa shape index (κ2) is 16.6. The molecule has 290 valence electrons. The standard InChI is InChI=1S/C50H36N6S4/c1-5-7-21-55-41-23-31(45-17-19-49(59-45)47-15-11-35(57-47)25-33(29-51)53-3)9-13-37(41)39-28-44-40(27-43(39)55)38-14-10-32(24-42(38)56(44)22-8-6-2)46-18-20-50(60-46)48-16-12-36(58-48)26-34(30-52)54-4/h9-20,23-28H,5-8,21-22H2,1-2H3/b33-25-,34-26-. The first-order valence-electron chi connectivity index (χ1n) is 19.8. The van der Waals surface area contributed by atoms with Crippen molar-refractivity contribution in [2.24, 2.45) is 0 Å². The van der Waals surface area contributed by atoms with E-state index >= 15 is 0 Å². The Kier molecular flexibility index (Phi) is 10.8. The highest BCUT2D eigenvalue weighted by Gasteiger charge is 2.19. The van der Waals surface area contributed by atoms with Gasteiger partial charge in [0.05, 0.1) is 25.3 Å². The lowest BCUT2D eigenvalue weighted by atomic mass is 10.1. The zero-order valence-corrected chi connectivity index (χ0v) is 36.2. The van der Waals surface area contributed by atoms with E-state index in [4.69, 9.17) is 13.1 Å². The van der Waals surface area contributed by atoms with Crippen LogP contribution in [-0.2, 0) is 13.1 Å². The Morgan fingerprint density at radius 2 is 0.900 bits per heavy atom. The summed E-state index contributed by atoms with van der Waals surface area (Å²) in [5.74, 6) is 0. The predicted molar refractivity (Wildman–Crippen MR) is 256 cm³/mol. The highest BCUT2D eigenvalue weighted by atomic mass is 32.1. The van der Waals surface area contributed by atoms with Gasteiger partial charge in [0.15, 0.2) is 0 Å². The molecule has 0 saturated heterocycles. The van der Waals surface area contributed by atoms with Crippen LogP contribution in [0.4, 0.5) is 0 Å². The Balaban J connectivity index is 1.11. The molecule has 0 aliphatic heterocycles. The zero-order valence-electron chi connectivity index (χ0n) is 33.0. The molecule has 0 amide bonds. The van der Waals surface area contributed by atoms with Crippen LogP contribution in [0.3, 0.4) is 0 Å². The van der Waals surface area contributed by atoms with E-state index in [0.717, 1.165) is 58.3 Å². The third-order valence-electron chi connectivity index (χ3n) is 10.9. The summed E-state index contributed by atoms with van der Waals surface area (Å²) in [6.07, 6.45) is 7.72. The van der Waals surface area contributed by atoms with Crippen molar-refractivity contribution in [2.45, 2.75) is 52.6 Å². The SMILES string of the molecule is [C-]#[N+]/C(C#N)=C\c1ccc(-c2ccc(-c3ccc4c5cc6c(cc5n(CCCC)c4c3)c3ccc(-c4ccc(-c5ccc(/C=C(/C#N)[N+]#[C-])s5)s4)cc3n6CCCC)s2)s1. The van der Waals surface area contributed by atoms with Gasteiger partial charge >= 0.3 is 0 Å². The molecule has 0 aliphatic carbocycles. The molecule has 60 heavy (non-hydrogen) atoms. The fraction of sp³-hybridized carbons (Fsp3) is 0.160. The van der Waals surface area contributed by atoms with Gasteiger partial charge in [0.25, 0.3) is 11.4 Å². The van der Waals surface area contributed by atoms with Crippen LogP contribution in [0, 0.1) is 35.8 Å². The summed E-state index contributed by atoms with van der Waals surface area (Å²) in [6, 6.07) is 39.6. The number of aryl methyl sites for hydroxylation is 2. The molecule has 6 heterocycles. The smallest absolute Gasteiger partial charge is 0.263 e. The highest BCUT2D eigenvalue weighted by Crippen LogP contribution is 2.44. The molecule has 9 aromatic rings. The maximum Gasteiger partial charge on any atom is 0.263 e. The number of nitriles is 2. The molecular formula is C50H36N6S4. The largest absolute Gasteiger partial charge is 0.340 e.